The van der Waals surface area contributed by atoms with Crippen molar-refractivity contribution in [2.24, 2.45) is 0 Å². The van der Waals surface area contributed by atoms with E-state index >= 15 is 0 Å². The van der Waals surface area contributed by atoms with E-state index in [4.69, 9.17) is 14.6 Å². The summed E-state index contributed by atoms with van der Waals surface area (Å²) in [7, 11) is 1.46. The van der Waals surface area contributed by atoms with Gasteiger partial charge in [-0.25, -0.2) is 4.79 Å². The molecule has 0 rings (SSSR count). The molecular formula is C9H18O4. The van der Waals surface area contributed by atoms with Crippen molar-refractivity contribution < 1.29 is 19.4 Å². The van der Waals surface area contributed by atoms with Gasteiger partial charge >= 0.3 is 5.97 Å². The van der Waals surface area contributed by atoms with Gasteiger partial charge in [0.1, 0.15) is 0 Å². The van der Waals surface area contributed by atoms with Crippen LogP contribution < -0.4 is 0 Å². The molecule has 0 aliphatic rings. The summed E-state index contributed by atoms with van der Waals surface area (Å²) >= 11 is 0. The minimum atomic E-state index is -0.983. The average Bonchev–Trinajstić information content (AvgIpc) is 2.03. The Morgan fingerprint density at radius 3 is 2.38 bits per heavy atom. The zero-order chi connectivity index (χ0) is 10.5. The second kappa shape index (κ2) is 5.19. The molecule has 1 atom stereocenters. The maximum absolute atomic E-state index is 10.7. The molecule has 0 aliphatic heterocycles. The fourth-order valence-corrected chi connectivity index (χ4v) is 0.776. The third-order valence-electron chi connectivity index (χ3n) is 1.91. The predicted molar refractivity (Wildman–Crippen MR) is 48.8 cm³/mol. The van der Waals surface area contributed by atoms with Crippen molar-refractivity contribution in [2.75, 3.05) is 13.7 Å². The zero-order valence-electron chi connectivity index (χ0n) is 8.66. The van der Waals surface area contributed by atoms with Crippen LogP contribution in [0.25, 0.3) is 0 Å². The Morgan fingerprint density at radius 1 is 1.54 bits per heavy atom. The number of rotatable bonds is 6. The minimum absolute atomic E-state index is 0.0821. The number of hydrogen-bond donors (Lipinski definition) is 1. The number of ether oxygens (including phenoxy) is 2. The molecule has 0 fully saturated rings. The molecule has 0 saturated heterocycles. The Labute approximate surface area is 78.8 Å². The van der Waals surface area contributed by atoms with E-state index in [0.29, 0.717) is 0 Å². The molecule has 0 heterocycles. The van der Waals surface area contributed by atoms with Crippen molar-refractivity contribution >= 4 is 5.97 Å². The van der Waals surface area contributed by atoms with E-state index in [-0.39, 0.29) is 6.61 Å². The maximum atomic E-state index is 10.7. The number of carboxylic acid groups (broad SMARTS) is 1. The van der Waals surface area contributed by atoms with Crippen LogP contribution in [0.15, 0.2) is 0 Å². The summed E-state index contributed by atoms with van der Waals surface area (Å²) in [6.45, 7) is 5.75. The van der Waals surface area contributed by atoms with Gasteiger partial charge in [-0.05, 0) is 20.3 Å². The number of methoxy groups -OCH3 is 1. The second-order valence-corrected chi connectivity index (χ2v) is 3.51. The Kier molecular flexibility index (Phi) is 4.95. The molecule has 4 heteroatoms. The van der Waals surface area contributed by atoms with Crippen molar-refractivity contribution in [3.05, 3.63) is 0 Å². The van der Waals surface area contributed by atoms with E-state index in [1.807, 2.05) is 20.8 Å². The van der Waals surface area contributed by atoms with Crippen LogP contribution in [0.5, 0.6) is 0 Å². The molecule has 0 saturated carbocycles. The molecule has 1 N–H and O–H groups in total. The molecule has 0 amide bonds. The molecule has 4 nitrogen and oxygen atoms in total. The van der Waals surface area contributed by atoms with E-state index in [1.54, 1.807) is 0 Å². The van der Waals surface area contributed by atoms with Crippen LogP contribution in [-0.4, -0.2) is 36.5 Å². The maximum Gasteiger partial charge on any atom is 0.335 e. The lowest BCUT2D eigenvalue weighted by molar-refractivity contribution is -0.167. The van der Waals surface area contributed by atoms with Crippen LogP contribution in [0.3, 0.4) is 0 Å². The standard InChI is InChI=1S/C9H18O4/c1-5-9(2,3)13-7(6-12-4)8(10)11/h7H,5-6H2,1-4H3,(H,10,11). The van der Waals surface area contributed by atoms with Crippen molar-refractivity contribution in [1.29, 1.82) is 0 Å². The van der Waals surface area contributed by atoms with Gasteiger partial charge in [0, 0.05) is 7.11 Å². The highest BCUT2D eigenvalue weighted by molar-refractivity contribution is 5.72. The summed E-state index contributed by atoms with van der Waals surface area (Å²) in [4.78, 5) is 10.7. The van der Waals surface area contributed by atoms with Crippen molar-refractivity contribution in [1.82, 2.24) is 0 Å². The fraction of sp³-hybridized carbons (Fsp3) is 0.889. The summed E-state index contributed by atoms with van der Waals surface area (Å²) in [6, 6.07) is 0. The van der Waals surface area contributed by atoms with Crippen molar-refractivity contribution in [2.45, 2.75) is 38.9 Å². The quantitative estimate of drug-likeness (QED) is 0.685. The van der Waals surface area contributed by atoms with Gasteiger partial charge in [-0.15, -0.1) is 0 Å². The molecule has 0 aliphatic carbocycles. The lowest BCUT2D eigenvalue weighted by Crippen LogP contribution is -2.37. The van der Waals surface area contributed by atoms with Crippen LogP contribution in [0.1, 0.15) is 27.2 Å². The van der Waals surface area contributed by atoms with Crippen LogP contribution in [0, 0.1) is 0 Å². The minimum Gasteiger partial charge on any atom is -0.479 e. The highest BCUT2D eigenvalue weighted by atomic mass is 16.6. The molecule has 13 heavy (non-hydrogen) atoms. The monoisotopic (exact) mass is 190 g/mol. The summed E-state index contributed by atoms with van der Waals surface area (Å²) in [5.41, 5.74) is -0.415. The Hall–Kier alpha value is -0.610. The first kappa shape index (κ1) is 12.4. The topological polar surface area (TPSA) is 55.8 Å². The first-order valence-electron chi connectivity index (χ1n) is 4.32. The van der Waals surface area contributed by atoms with Crippen molar-refractivity contribution in [3.8, 4) is 0 Å². The van der Waals surface area contributed by atoms with E-state index in [2.05, 4.69) is 0 Å². The summed E-state index contributed by atoms with van der Waals surface area (Å²) in [5.74, 6) is -0.983. The van der Waals surface area contributed by atoms with Gasteiger partial charge in [0.15, 0.2) is 6.10 Å². The van der Waals surface area contributed by atoms with Gasteiger partial charge in [-0.3, -0.25) is 0 Å². The first-order valence-corrected chi connectivity index (χ1v) is 4.32. The third-order valence-corrected chi connectivity index (χ3v) is 1.91. The van der Waals surface area contributed by atoms with Gasteiger partial charge < -0.3 is 14.6 Å². The SMILES string of the molecule is CCC(C)(C)OC(COC)C(=O)O. The largest absolute Gasteiger partial charge is 0.479 e. The van der Waals surface area contributed by atoms with E-state index in [0.717, 1.165) is 6.42 Å². The Balaban J connectivity index is 4.17. The molecule has 0 spiro atoms. The number of carbonyl (C=O) groups is 1. The van der Waals surface area contributed by atoms with Crippen LogP contribution in [0.4, 0.5) is 0 Å². The normalized spacial score (nSPS) is 14.2. The molecule has 0 aromatic heterocycles. The molecule has 1 unspecified atom stereocenters. The second-order valence-electron chi connectivity index (χ2n) is 3.51. The lowest BCUT2D eigenvalue weighted by Gasteiger charge is -2.27. The lowest BCUT2D eigenvalue weighted by atomic mass is 10.1. The molecular weight excluding hydrogens is 172 g/mol. The molecule has 0 radical (unpaired) electrons. The molecule has 0 bridgehead atoms. The van der Waals surface area contributed by atoms with Crippen LogP contribution >= 0.6 is 0 Å². The van der Waals surface area contributed by atoms with Gasteiger partial charge in [0.25, 0.3) is 0 Å². The van der Waals surface area contributed by atoms with Gasteiger partial charge in [-0.2, -0.15) is 0 Å². The summed E-state index contributed by atoms with van der Waals surface area (Å²) in [5, 5.41) is 8.76. The summed E-state index contributed by atoms with van der Waals surface area (Å²) < 4.78 is 10.1. The molecule has 0 aromatic carbocycles. The fourth-order valence-electron chi connectivity index (χ4n) is 0.776. The summed E-state index contributed by atoms with van der Waals surface area (Å²) in [6.07, 6.45) is -0.111. The Morgan fingerprint density at radius 2 is 2.08 bits per heavy atom. The highest BCUT2D eigenvalue weighted by Crippen LogP contribution is 2.16. The van der Waals surface area contributed by atoms with Crippen LogP contribution in [-0.2, 0) is 14.3 Å². The first-order chi connectivity index (χ1) is 5.93. The van der Waals surface area contributed by atoms with Gasteiger partial charge in [-0.1, -0.05) is 6.92 Å². The average molecular weight is 190 g/mol. The van der Waals surface area contributed by atoms with Crippen molar-refractivity contribution in [3.63, 3.8) is 0 Å². The number of carboxylic acids is 1. The van der Waals surface area contributed by atoms with E-state index in [1.165, 1.54) is 7.11 Å². The highest BCUT2D eigenvalue weighted by Gasteiger charge is 2.26. The van der Waals surface area contributed by atoms with E-state index < -0.39 is 17.7 Å². The van der Waals surface area contributed by atoms with Crippen LogP contribution in [0.2, 0.25) is 0 Å². The predicted octanol–water partition coefficient (Wildman–Crippen LogP) is 1.29. The number of hydrogen-bond acceptors (Lipinski definition) is 3. The van der Waals surface area contributed by atoms with Gasteiger partial charge in [0.2, 0.25) is 0 Å². The molecule has 78 valence electrons. The third kappa shape index (κ3) is 4.85. The van der Waals surface area contributed by atoms with E-state index in [9.17, 15) is 4.79 Å². The zero-order valence-corrected chi connectivity index (χ0v) is 8.66. The number of aliphatic carboxylic acids is 1. The Bertz CT molecular complexity index is 165. The van der Waals surface area contributed by atoms with Gasteiger partial charge in [0.05, 0.1) is 12.2 Å². The molecule has 0 aromatic rings. The smallest absolute Gasteiger partial charge is 0.335 e.